The lowest BCUT2D eigenvalue weighted by Crippen LogP contribution is -2.46. The van der Waals surface area contributed by atoms with Crippen LogP contribution in [0.15, 0.2) is 157 Å². The molecule has 0 N–H and O–H groups in total. The number of carbonyl (C=O) groups is 1. The fourth-order valence-corrected chi connectivity index (χ4v) is 13.0. The average molecular weight is 897 g/mol. The molecule has 0 bridgehead atoms. The van der Waals surface area contributed by atoms with Gasteiger partial charge in [0.1, 0.15) is 11.6 Å². The van der Waals surface area contributed by atoms with Crippen LogP contribution in [0.25, 0.3) is 11.1 Å². The number of hydrogen-bond acceptors (Lipinski definition) is 7. The van der Waals surface area contributed by atoms with Crippen molar-refractivity contribution in [1.29, 1.82) is 0 Å². The summed E-state index contributed by atoms with van der Waals surface area (Å²) in [6.07, 6.45) is 18.3. The number of ketones is 1. The minimum absolute atomic E-state index is 0.0766. The molecule has 0 radical (unpaired) electrons. The second-order valence-corrected chi connectivity index (χ2v) is 20.4. The largest absolute Gasteiger partial charge is 0.368 e. The van der Waals surface area contributed by atoms with E-state index >= 15 is 4.79 Å². The highest BCUT2D eigenvalue weighted by atomic mass is 16.1. The molecule has 12 rings (SSSR count). The van der Waals surface area contributed by atoms with Crippen LogP contribution in [-0.4, -0.2) is 51.7 Å². The first-order valence-corrected chi connectivity index (χ1v) is 25.9. The molecule has 0 amide bonds. The first kappa shape index (κ1) is 42.9. The summed E-state index contributed by atoms with van der Waals surface area (Å²) in [4.78, 5) is 38.4. The summed E-state index contributed by atoms with van der Waals surface area (Å²) < 4.78 is 0. The molecule has 4 aliphatic heterocycles. The first-order chi connectivity index (χ1) is 33.7. The van der Waals surface area contributed by atoms with Crippen molar-refractivity contribution < 1.29 is 4.79 Å². The number of allylic oxidation sites excluding steroid dienone is 2. The summed E-state index contributed by atoms with van der Waals surface area (Å²) in [7, 11) is 0. The summed E-state index contributed by atoms with van der Waals surface area (Å²) >= 11 is 0. The molecule has 7 nitrogen and oxygen atoms in total. The van der Waals surface area contributed by atoms with E-state index in [1.807, 2.05) is 12.4 Å². The molecule has 2 aliphatic carbocycles. The average Bonchev–Trinajstić information content (AvgIpc) is 3.41. The van der Waals surface area contributed by atoms with Crippen molar-refractivity contribution in [1.82, 2.24) is 19.8 Å². The van der Waals surface area contributed by atoms with Crippen LogP contribution >= 0.6 is 0 Å². The molecule has 2 unspecified atom stereocenters. The molecule has 68 heavy (non-hydrogen) atoms. The number of pyridine rings is 2. The molecule has 2 fully saturated rings. The number of carbonyl (C=O) groups excluding carboxylic acids is 1. The highest BCUT2D eigenvalue weighted by Gasteiger charge is 2.47. The maximum absolute atomic E-state index is 17.4. The van der Waals surface area contributed by atoms with E-state index in [2.05, 4.69) is 153 Å². The van der Waals surface area contributed by atoms with E-state index in [-0.39, 0.29) is 17.9 Å². The Labute approximate surface area is 403 Å². The zero-order chi connectivity index (χ0) is 45.4. The predicted octanol–water partition coefficient (Wildman–Crippen LogP) is 12.6. The summed E-state index contributed by atoms with van der Waals surface area (Å²) in [5, 5.41) is 0. The highest BCUT2D eigenvalue weighted by Crippen LogP contribution is 2.53. The molecule has 2 aromatic heterocycles. The molecule has 0 spiro atoms. The van der Waals surface area contributed by atoms with Gasteiger partial charge in [0.15, 0.2) is 5.78 Å². The Balaban J connectivity index is 1.13. The molecular formula is C61H64N6O. The summed E-state index contributed by atoms with van der Waals surface area (Å²) in [5.41, 5.74) is 13.5. The van der Waals surface area contributed by atoms with Crippen molar-refractivity contribution in [2.75, 3.05) is 36.0 Å². The molecule has 2 atom stereocenters. The minimum Gasteiger partial charge on any atom is -0.368 e. The number of benzene rings is 4. The van der Waals surface area contributed by atoms with Crippen molar-refractivity contribution in [3.63, 3.8) is 0 Å². The number of nitrogens with zero attached hydrogens (tertiary/aromatic N) is 6. The van der Waals surface area contributed by atoms with Crippen LogP contribution < -0.4 is 9.80 Å². The molecule has 7 heteroatoms. The molecule has 2 saturated carbocycles. The van der Waals surface area contributed by atoms with Crippen molar-refractivity contribution >= 4 is 28.6 Å². The van der Waals surface area contributed by atoms with E-state index in [1.54, 1.807) is 0 Å². The van der Waals surface area contributed by atoms with Gasteiger partial charge in [-0.2, -0.15) is 0 Å². The van der Waals surface area contributed by atoms with Crippen LogP contribution in [0.3, 0.4) is 0 Å². The van der Waals surface area contributed by atoms with E-state index in [4.69, 9.17) is 9.97 Å². The summed E-state index contributed by atoms with van der Waals surface area (Å²) in [6, 6.07) is 48.1. The summed E-state index contributed by atoms with van der Waals surface area (Å²) in [5.74, 6) is 3.03. The maximum atomic E-state index is 17.4. The Morgan fingerprint density at radius 3 is 1.28 bits per heavy atom. The Morgan fingerprint density at radius 1 is 0.456 bits per heavy atom. The Hall–Kier alpha value is -6.47. The lowest BCUT2D eigenvalue weighted by Gasteiger charge is -2.48. The van der Waals surface area contributed by atoms with Crippen molar-refractivity contribution in [2.45, 2.75) is 102 Å². The third kappa shape index (κ3) is 8.01. The van der Waals surface area contributed by atoms with Gasteiger partial charge in [-0.1, -0.05) is 148 Å². The molecule has 6 heterocycles. The molecule has 0 saturated heterocycles. The maximum Gasteiger partial charge on any atom is 0.198 e. The lowest BCUT2D eigenvalue weighted by molar-refractivity contribution is -0.109. The van der Waals surface area contributed by atoms with Gasteiger partial charge in [0.05, 0.1) is 34.6 Å². The molecule has 4 aromatic carbocycles. The summed E-state index contributed by atoms with van der Waals surface area (Å²) in [6.45, 7) is 4.95. The van der Waals surface area contributed by atoms with Crippen molar-refractivity contribution in [2.24, 2.45) is 11.8 Å². The lowest BCUT2D eigenvalue weighted by atomic mass is 9.79. The second-order valence-electron chi connectivity index (χ2n) is 20.4. The van der Waals surface area contributed by atoms with Gasteiger partial charge in [-0.05, 0) is 108 Å². The third-order valence-electron chi connectivity index (χ3n) is 16.3. The van der Waals surface area contributed by atoms with Gasteiger partial charge in [-0.25, -0.2) is 9.97 Å². The van der Waals surface area contributed by atoms with Gasteiger partial charge < -0.3 is 19.6 Å². The number of hydrogen-bond donors (Lipinski definition) is 0. The number of aromatic nitrogens is 2. The van der Waals surface area contributed by atoms with Crippen LogP contribution in [-0.2, 0) is 30.7 Å². The first-order valence-electron chi connectivity index (χ1n) is 25.9. The normalized spacial score (nSPS) is 21.0. The van der Waals surface area contributed by atoms with Crippen LogP contribution in [0.4, 0.5) is 11.6 Å². The van der Waals surface area contributed by atoms with E-state index in [0.717, 1.165) is 97.4 Å². The van der Waals surface area contributed by atoms with E-state index in [9.17, 15) is 0 Å². The number of rotatable bonds is 10. The van der Waals surface area contributed by atoms with Crippen molar-refractivity contribution in [3.05, 3.63) is 202 Å². The fourth-order valence-electron chi connectivity index (χ4n) is 13.0. The highest BCUT2D eigenvalue weighted by molar-refractivity contribution is 6.44. The Kier molecular flexibility index (Phi) is 11.9. The van der Waals surface area contributed by atoms with Crippen LogP contribution in [0.1, 0.15) is 121 Å². The second kappa shape index (κ2) is 18.9. The zero-order valence-corrected chi connectivity index (χ0v) is 39.5. The van der Waals surface area contributed by atoms with E-state index in [1.165, 1.54) is 97.6 Å². The molecule has 344 valence electrons. The minimum atomic E-state index is -0.208. The van der Waals surface area contributed by atoms with Gasteiger partial charge in [0.2, 0.25) is 0 Å². The van der Waals surface area contributed by atoms with Gasteiger partial charge in [-0.3, -0.25) is 4.79 Å². The quantitative estimate of drug-likeness (QED) is 0.136. The molecule has 6 aromatic rings. The smallest absolute Gasteiger partial charge is 0.198 e. The van der Waals surface area contributed by atoms with E-state index in [0.29, 0.717) is 11.8 Å². The van der Waals surface area contributed by atoms with E-state index < -0.39 is 0 Å². The van der Waals surface area contributed by atoms with Crippen LogP contribution in [0.2, 0.25) is 0 Å². The predicted molar refractivity (Wildman–Crippen MR) is 275 cm³/mol. The van der Waals surface area contributed by atoms with Crippen molar-refractivity contribution in [3.8, 4) is 0 Å². The topological polar surface area (TPSA) is 55.8 Å². The fraction of sp³-hybridized carbons (Fsp3) is 0.361. The van der Waals surface area contributed by atoms with Gasteiger partial charge in [-0.15, -0.1) is 0 Å². The van der Waals surface area contributed by atoms with Gasteiger partial charge in [0, 0.05) is 62.8 Å². The number of Topliss-reactive ketones (excluding diaryl/α,β-unsaturated/α-hetero) is 1. The standard InChI is InChI=1S/C61H64N6O/c68-59(53-51-31-17-35-62-60(51)66(39-43-19-5-1-6-20-43)55(47-25-9-3-10-26-47)57(53)64-37-33-45-23-13-15-29-49(45)41-64)54-52-32-18-36-63-61(52)67(40-44-21-7-2-8-22-44)56(48-27-11-4-12-28-48)58(54)65-38-34-46-24-14-16-30-50(46)42-65/h3-4,9-18,23-32,35-36,43-44,55-56H,1-2,5-8,19-22,33-34,37-42H2. The van der Waals surface area contributed by atoms with Crippen LogP contribution in [0, 0.1) is 11.8 Å². The SMILES string of the molecule is O=C(C1=C(N2CCc3ccccc3C2)C(c2ccccc2)N(CC2CCCCC2)c2ncccc21)C1=C(N2CCc3ccccc3C2)C(c2ccccc2)N(CC2CCCCC2)c2ncccc21. The number of anilines is 2. The van der Waals surface area contributed by atoms with Gasteiger partial charge >= 0.3 is 0 Å². The van der Waals surface area contributed by atoms with Crippen LogP contribution in [0.5, 0.6) is 0 Å². The Morgan fingerprint density at radius 2 is 0.853 bits per heavy atom. The third-order valence-corrected chi connectivity index (χ3v) is 16.3. The molecular weight excluding hydrogens is 833 g/mol. The monoisotopic (exact) mass is 897 g/mol. The Bertz CT molecular complexity index is 2650. The zero-order valence-electron chi connectivity index (χ0n) is 39.5. The van der Waals surface area contributed by atoms with Gasteiger partial charge in [0.25, 0.3) is 0 Å². The molecule has 6 aliphatic rings. The number of fused-ring (bicyclic) bond motifs is 4.